The van der Waals surface area contributed by atoms with Gasteiger partial charge in [-0.15, -0.1) is 0 Å². The zero-order valence-corrected chi connectivity index (χ0v) is 64.6. The number of hydrogen-bond acceptors (Lipinski definition) is 15. The Morgan fingerprint density at radius 1 is 0.300 bits per heavy atom. The summed E-state index contributed by atoms with van der Waals surface area (Å²) in [6.45, 7) is 4.53. The molecule has 0 bridgehead atoms. The Kier molecular flexibility index (Phi) is 69.9. The van der Waals surface area contributed by atoms with Crippen molar-refractivity contribution in [3.63, 3.8) is 0 Å². The molecule has 3 N–H and O–H groups in total. The molecule has 0 aromatic carbocycles. The Bertz CT molecular complexity index is 2320. The van der Waals surface area contributed by atoms with Gasteiger partial charge in [-0.1, -0.05) is 298 Å². The lowest BCUT2D eigenvalue weighted by atomic mass is 10.0. The van der Waals surface area contributed by atoms with Crippen LogP contribution in [0.15, 0.2) is 109 Å². The molecule has 100 heavy (non-hydrogen) atoms. The van der Waals surface area contributed by atoms with Crippen LogP contribution in [-0.2, 0) is 65.4 Å². The molecule has 0 heterocycles. The summed E-state index contributed by atoms with van der Waals surface area (Å²) in [5, 5.41) is 10.6. The van der Waals surface area contributed by atoms with Gasteiger partial charge in [0, 0.05) is 19.3 Å². The number of phosphoric ester groups is 2. The summed E-state index contributed by atoms with van der Waals surface area (Å²) >= 11 is 0. The van der Waals surface area contributed by atoms with E-state index in [9.17, 15) is 43.2 Å². The van der Waals surface area contributed by atoms with E-state index in [0.29, 0.717) is 25.7 Å². The fourth-order valence-electron chi connectivity index (χ4n) is 10.4. The number of hydrogen-bond donors (Lipinski definition) is 3. The molecular weight excluding hydrogens is 1310 g/mol. The highest BCUT2D eigenvalue weighted by Crippen LogP contribution is 2.45. The quantitative estimate of drug-likeness (QED) is 0.0169. The van der Waals surface area contributed by atoms with Crippen LogP contribution in [0.2, 0.25) is 0 Å². The van der Waals surface area contributed by atoms with Gasteiger partial charge in [0.1, 0.15) is 19.3 Å². The lowest BCUT2D eigenvalue weighted by Gasteiger charge is -2.21. The Morgan fingerprint density at radius 3 is 0.900 bits per heavy atom. The van der Waals surface area contributed by atoms with E-state index in [0.717, 1.165) is 141 Å². The zero-order valence-electron chi connectivity index (χ0n) is 62.8. The van der Waals surface area contributed by atoms with Crippen molar-refractivity contribution >= 4 is 39.5 Å². The van der Waals surface area contributed by atoms with E-state index >= 15 is 0 Å². The summed E-state index contributed by atoms with van der Waals surface area (Å²) < 4.78 is 68.4. The first kappa shape index (κ1) is 95.7. The van der Waals surface area contributed by atoms with E-state index in [1.807, 2.05) is 18.2 Å². The predicted molar refractivity (Wildman–Crippen MR) is 408 cm³/mol. The lowest BCUT2D eigenvalue weighted by Crippen LogP contribution is -2.30. The first-order valence-electron chi connectivity index (χ1n) is 39.1. The van der Waals surface area contributed by atoms with Crippen LogP contribution in [-0.4, -0.2) is 96.7 Å². The summed E-state index contributed by atoms with van der Waals surface area (Å²) in [5.74, 6) is -2.34. The average molecular weight is 1450 g/mol. The van der Waals surface area contributed by atoms with Crippen molar-refractivity contribution in [2.24, 2.45) is 0 Å². The number of carbonyl (C=O) groups is 4. The fourth-order valence-corrected chi connectivity index (χ4v) is 11.9. The minimum atomic E-state index is -4.99. The Morgan fingerprint density at radius 2 is 0.560 bits per heavy atom. The van der Waals surface area contributed by atoms with Gasteiger partial charge < -0.3 is 33.8 Å². The van der Waals surface area contributed by atoms with Crippen LogP contribution in [0, 0.1) is 0 Å². The normalized spacial score (nSPS) is 14.5. The number of unbranched alkanes of at least 4 members (excludes halogenated alkanes) is 30. The number of aliphatic hydroxyl groups is 1. The predicted octanol–water partition coefficient (Wildman–Crippen LogP) is 22.6. The second kappa shape index (κ2) is 73.0. The second-order valence-electron chi connectivity index (χ2n) is 25.9. The minimum absolute atomic E-state index is 0.0696. The average Bonchev–Trinajstić information content (AvgIpc) is 1.01. The van der Waals surface area contributed by atoms with Crippen LogP contribution >= 0.6 is 15.6 Å². The molecule has 576 valence electrons. The molecule has 0 saturated heterocycles. The fraction of sp³-hybridized carbons (Fsp3) is 0.728. The number of carbonyl (C=O) groups excluding carboxylic acids is 4. The van der Waals surface area contributed by atoms with E-state index in [4.69, 9.17) is 37.0 Å². The SMILES string of the molecule is CC/C=C\C/C=C\C/C=C\C/C=C\C/C=C\CC(=O)OCC(COP(=O)(O)OCC(O)COP(=O)(O)OCC(COC(=O)CCCCCCC/C=C\C/C=C\C/C=C\CC)OC(=O)CCCCCCC/C=C\CCCCCCCC)OC(=O)CCCCCCCCCCCCCCCCC. The first-order chi connectivity index (χ1) is 48.7. The highest BCUT2D eigenvalue weighted by atomic mass is 31.2. The number of esters is 4. The molecule has 5 unspecified atom stereocenters. The molecule has 0 spiro atoms. The number of phosphoric acid groups is 2. The van der Waals surface area contributed by atoms with Crippen molar-refractivity contribution in [3.8, 4) is 0 Å². The van der Waals surface area contributed by atoms with E-state index < -0.39 is 97.5 Å². The molecule has 0 fully saturated rings. The topological polar surface area (TPSA) is 237 Å². The Balaban J connectivity index is 5.42. The van der Waals surface area contributed by atoms with Crippen LogP contribution in [0.4, 0.5) is 0 Å². The molecule has 0 aliphatic rings. The number of ether oxygens (including phenoxy) is 4. The van der Waals surface area contributed by atoms with Gasteiger partial charge >= 0.3 is 39.5 Å². The molecular formula is C81H140O17P2. The Hall–Kier alpha value is -4.28. The minimum Gasteiger partial charge on any atom is -0.462 e. The van der Waals surface area contributed by atoms with E-state index in [-0.39, 0.29) is 25.7 Å². The summed E-state index contributed by atoms with van der Waals surface area (Å²) in [6.07, 6.45) is 78.2. The maximum atomic E-state index is 13.1. The largest absolute Gasteiger partial charge is 0.472 e. The van der Waals surface area contributed by atoms with Crippen LogP contribution in [0.3, 0.4) is 0 Å². The molecule has 0 aromatic rings. The molecule has 17 nitrogen and oxygen atoms in total. The van der Waals surface area contributed by atoms with Gasteiger partial charge in [0.2, 0.25) is 0 Å². The molecule has 0 rings (SSSR count). The van der Waals surface area contributed by atoms with Crippen molar-refractivity contribution in [1.82, 2.24) is 0 Å². The number of allylic oxidation sites excluding steroid dienone is 17. The van der Waals surface area contributed by atoms with E-state index in [2.05, 4.69) is 113 Å². The van der Waals surface area contributed by atoms with Crippen LogP contribution in [0.5, 0.6) is 0 Å². The summed E-state index contributed by atoms with van der Waals surface area (Å²) in [7, 11) is -9.98. The third-order valence-electron chi connectivity index (χ3n) is 16.3. The highest BCUT2D eigenvalue weighted by Gasteiger charge is 2.30. The number of rotatable bonds is 73. The van der Waals surface area contributed by atoms with Crippen LogP contribution < -0.4 is 0 Å². The monoisotopic (exact) mass is 1450 g/mol. The molecule has 0 aromatic heterocycles. The molecule has 0 radical (unpaired) electrons. The van der Waals surface area contributed by atoms with Gasteiger partial charge in [-0.05, 0) is 109 Å². The van der Waals surface area contributed by atoms with Crippen LogP contribution in [0.1, 0.15) is 323 Å². The van der Waals surface area contributed by atoms with Gasteiger partial charge in [-0.2, -0.15) is 0 Å². The maximum absolute atomic E-state index is 13.1. The van der Waals surface area contributed by atoms with Crippen molar-refractivity contribution in [2.75, 3.05) is 39.6 Å². The Labute approximate surface area is 607 Å². The first-order valence-corrected chi connectivity index (χ1v) is 42.1. The summed E-state index contributed by atoms with van der Waals surface area (Å²) in [5.41, 5.74) is 0. The van der Waals surface area contributed by atoms with Gasteiger partial charge in [-0.25, -0.2) is 9.13 Å². The number of aliphatic hydroxyl groups excluding tert-OH is 1. The van der Waals surface area contributed by atoms with E-state index in [1.165, 1.54) is 103 Å². The van der Waals surface area contributed by atoms with Crippen molar-refractivity contribution < 1.29 is 80.2 Å². The molecule has 19 heteroatoms. The standard InChI is InChI=1S/C81H140O17P2/c1-5-9-13-17-21-25-29-33-37-41-45-49-53-57-61-65-78(83)91-71-76(97-80(85)67-63-59-55-51-47-43-39-35-31-27-23-19-15-11-7-3)73-95-99(87,88)93-69-75(82)70-94-100(89,90)96-74-77(98-81(86)68-64-60-56-52-48-44-40-36-32-28-24-20-16-12-8-4)72-92-79(84)66-62-58-54-50-46-42-38-34-30-26-22-18-14-10-6-2/h9-10,13-14,21-22,25-26,33-35,37-39,46,50,58,62,75-77,82H,5-8,11-12,15-20,23-24,27-32,36,40-45,47-49,51-57,59-61,63-74H2,1-4H3,(H,87,88)(H,89,90)/b13-9-,14-10-,25-21-,26-22-,37-33-,38-34-,39-35-,50-46-,62-58-. The molecule has 0 aliphatic carbocycles. The molecule has 0 amide bonds. The van der Waals surface area contributed by atoms with Gasteiger partial charge in [-0.3, -0.25) is 37.3 Å². The summed E-state index contributed by atoms with van der Waals surface area (Å²) in [6, 6.07) is 0. The van der Waals surface area contributed by atoms with Gasteiger partial charge in [0.05, 0.1) is 32.8 Å². The van der Waals surface area contributed by atoms with Crippen molar-refractivity contribution in [1.29, 1.82) is 0 Å². The third kappa shape index (κ3) is 72.1. The van der Waals surface area contributed by atoms with Crippen LogP contribution in [0.25, 0.3) is 0 Å². The van der Waals surface area contributed by atoms with Gasteiger partial charge in [0.25, 0.3) is 0 Å². The van der Waals surface area contributed by atoms with E-state index in [1.54, 1.807) is 6.08 Å². The van der Waals surface area contributed by atoms with Crippen molar-refractivity contribution in [2.45, 2.75) is 341 Å². The molecule has 0 aliphatic heterocycles. The smallest absolute Gasteiger partial charge is 0.462 e. The zero-order chi connectivity index (χ0) is 73.2. The van der Waals surface area contributed by atoms with Gasteiger partial charge in [0.15, 0.2) is 12.2 Å². The molecule has 0 saturated carbocycles. The highest BCUT2D eigenvalue weighted by molar-refractivity contribution is 7.47. The lowest BCUT2D eigenvalue weighted by molar-refractivity contribution is -0.161. The van der Waals surface area contributed by atoms with Crippen molar-refractivity contribution in [3.05, 3.63) is 109 Å². The molecule has 5 atom stereocenters. The second-order valence-corrected chi connectivity index (χ2v) is 28.8. The summed E-state index contributed by atoms with van der Waals surface area (Å²) in [4.78, 5) is 72.9. The third-order valence-corrected chi connectivity index (χ3v) is 18.2. The maximum Gasteiger partial charge on any atom is 0.472 e.